The lowest BCUT2D eigenvalue weighted by Gasteiger charge is -2.16. The first kappa shape index (κ1) is 22.2. The van der Waals surface area contributed by atoms with Crippen LogP contribution in [0.25, 0.3) is 6.08 Å². The maximum atomic E-state index is 12.6. The fourth-order valence-corrected chi connectivity index (χ4v) is 3.84. The summed E-state index contributed by atoms with van der Waals surface area (Å²) in [5, 5.41) is 4.24. The van der Waals surface area contributed by atoms with Crippen molar-refractivity contribution in [2.45, 2.75) is 0 Å². The molecular weight excluding hydrogens is 465 g/mol. The number of nitrogens with one attached hydrogen (secondary N) is 2. The van der Waals surface area contributed by atoms with Gasteiger partial charge in [0.2, 0.25) is 0 Å². The average Bonchev–Trinajstić information content (AvgIpc) is 2.97. The summed E-state index contributed by atoms with van der Waals surface area (Å²) in [7, 11) is 0. The van der Waals surface area contributed by atoms with Crippen molar-refractivity contribution in [2.24, 2.45) is 0 Å². The van der Waals surface area contributed by atoms with Crippen molar-refractivity contribution in [3.8, 4) is 5.75 Å². The highest BCUT2D eigenvalue weighted by Crippen LogP contribution is 2.32. The molecule has 0 bridgehead atoms. The van der Waals surface area contributed by atoms with Gasteiger partial charge in [-0.3, -0.25) is 4.79 Å². The lowest BCUT2D eigenvalue weighted by atomic mass is 10.2. The van der Waals surface area contributed by atoms with Crippen molar-refractivity contribution >= 4 is 75.2 Å². The summed E-state index contributed by atoms with van der Waals surface area (Å²) >= 11 is 18.1. The Kier molecular flexibility index (Phi) is 7.38. The van der Waals surface area contributed by atoms with Gasteiger partial charge in [0.05, 0.1) is 15.0 Å². The smallest absolute Gasteiger partial charge is 0.338 e. The van der Waals surface area contributed by atoms with E-state index in [9.17, 15) is 9.59 Å². The molecule has 0 unspecified atom stereocenters. The molecule has 1 aliphatic heterocycles. The highest BCUT2D eigenvalue weighted by molar-refractivity contribution is 8.26. The van der Waals surface area contributed by atoms with E-state index in [1.165, 1.54) is 6.07 Å². The molecule has 1 heterocycles. The van der Waals surface area contributed by atoms with E-state index in [1.807, 2.05) is 12.1 Å². The molecule has 6 nitrogen and oxygen atoms in total. The number of carbonyl (C=O) groups is 2. The second-order valence-electron chi connectivity index (χ2n) is 5.88. The number of nitrogens with zero attached hydrogens (tertiary/aromatic N) is 1. The Balaban J connectivity index is 1.65. The van der Waals surface area contributed by atoms with E-state index < -0.39 is 11.9 Å². The zero-order valence-electron chi connectivity index (χ0n) is 15.4. The van der Waals surface area contributed by atoms with Gasteiger partial charge < -0.3 is 10.1 Å². The number of benzene rings is 2. The Morgan fingerprint density at radius 1 is 1.20 bits per heavy atom. The number of hydrogen-bond acceptors (Lipinski definition) is 5. The van der Waals surface area contributed by atoms with Crippen LogP contribution in [-0.4, -0.2) is 27.9 Å². The lowest BCUT2D eigenvalue weighted by Crippen LogP contribution is -2.46. The van der Waals surface area contributed by atoms with Crippen LogP contribution < -0.4 is 15.5 Å². The summed E-state index contributed by atoms with van der Waals surface area (Å²) in [6, 6.07) is 11.2. The van der Waals surface area contributed by atoms with Gasteiger partial charge >= 0.3 is 6.03 Å². The largest absolute Gasteiger partial charge is 0.490 e. The highest BCUT2D eigenvalue weighted by Gasteiger charge is 2.33. The molecule has 0 radical (unpaired) electrons. The van der Waals surface area contributed by atoms with E-state index in [2.05, 4.69) is 17.3 Å². The van der Waals surface area contributed by atoms with E-state index in [1.54, 1.807) is 36.4 Å². The van der Waals surface area contributed by atoms with Gasteiger partial charge in [0.25, 0.3) is 5.91 Å². The van der Waals surface area contributed by atoms with Crippen molar-refractivity contribution < 1.29 is 14.3 Å². The molecule has 1 fully saturated rings. The Hall–Kier alpha value is -2.52. The number of hydrogen-bond donors (Lipinski definition) is 2. The van der Waals surface area contributed by atoms with Crippen LogP contribution in [0.5, 0.6) is 5.75 Å². The van der Waals surface area contributed by atoms with Crippen molar-refractivity contribution in [3.63, 3.8) is 0 Å². The molecule has 0 aliphatic carbocycles. The van der Waals surface area contributed by atoms with Gasteiger partial charge in [-0.25, -0.2) is 10.2 Å². The fraction of sp³-hybridized carbons (Fsp3) is 0.0500. The summed E-state index contributed by atoms with van der Waals surface area (Å²) < 4.78 is 5.64. The second kappa shape index (κ2) is 9.99. The van der Waals surface area contributed by atoms with Crippen molar-refractivity contribution in [2.75, 3.05) is 11.9 Å². The van der Waals surface area contributed by atoms with E-state index in [0.29, 0.717) is 33.0 Å². The number of urea groups is 1. The topological polar surface area (TPSA) is 70.7 Å². The number of rotatable bonds is 6. The Labute approximate surface area is 192 Å². The maximum Gasteiger partial charge on any atom is 0.338 e. The monoisotopic (exact) mass is 479 g/mol. The van der Waals surface area contributed by atoms with E-state index in [4.69, 9.17) is 40.2 Å². The minimum Gasteiger partial charge on any atom is -0.490 e. The number of anilines is 1. The van der Waals surface area contributed by atoms with Gasteiger partial charge in [-0.1, -0.05) is 59.8 Å². The molecular formula is C20H15Cl2N3O3S2. The molecule has 30 heavy (non-hydrogen) atoms. The third kappa shape index (κ3) is 5.54. The van der Waals surface area contributed by atoms with E-state index >= 15 is 0 Å². The number of thioether (sulfide) groups is 1. The van der Waals surface area contributed by atoms with Gasteiger partial charge in [-0.2, -0.15) is 5.01 Å². The number of thiocarbonyl (C=S) groups is 1. The predicted molar refractivity (Wildman–Crippen MR) is 126 cm³/mol. The van der Waals surface area contributed by atoms with E-state index in [-0.39, 0.29) is 4.32 Å². The Morgan fingerprint density at radius 3 is 2.60 bits per heavy atom. The van der Waals surface area contributed by atoms with Crippen LogP contribution >= 0.6 is 47.2 Å². The summed E-state index contributed by atoms with van der Waals surface area (Å²) in [5.41, 5.74) is 3.65. The zero-order chi connectivity index (χ0) is 21.7. The van der Waals surface area contributed by atoms with Crippen molar-refractivity contribution in [3.05, 3.63) is 75.6 Å². The summed E-state index contributed by atoms with van der Waals surface area (Å²) in [6.07, 6.45) is 3.35. The number of ether oxygens (including phenoxy) is 1. The van der Waals surface area contributed by atoms with E-state index in [0.717, 1.165) is 22.3 Å². The van der Waals surface area contributed by atoms with Gasteiger partial charge in [0.1, 0.15) is 12.4 Å². The molecule has 2 aromatic carbocycles. The van der Waals surface area contributed by atoms with Gasteiger partial charge in [0.15, 0.2) is 4.32 Å². The molecule has 1 saturated heterocycles. The molecule has 0 atom stereocenters. The number of amides is 3. The fourth-order valence-electron chi connectivity index (χ4n) is 2.37. The van der Waals surface area contributed by atoms with Crippen LogP contribution in [0.4, 0.5) is 10.5 Å². The maximum absolute atomic E-state index is 12.6. The molecule has 0 aromatic heterocycles. The molecule has 3 amide bonds. The normalized spacial score (nSPS) is 14.7. The molecule has 0 spiro atoms. The number of carbonyl (C=O) groups excluding carboxylic acids is 2. The minimum atomic E-state index is -0.644. The Morgan fingerprint density at radius 2 is 1.93 bits per heavy atom. The first-order valence-electron chi connectivity index (χ1n) is 8.52. The van der Waals surface area contributed by atoms with Gasteiger partial charge in [-0.15, -0.1) is 0 Å². The average molecular weight is 480 g/mol. The highest BCUT2D eigenvalue weighted by atomic mass is 35.5. The number of halogens is 2. The van der Waals surface area contributed by atoms with Gasteiger partial charge in [-0.05, 0) is 54.2 Å². The summed E-state index contributed by atoms with van der Waals surface area (Å²) in [6.45, 7) is 4.01. The first-order valence-corrected chi connectivity index (χ1v) is 10.5. The lowest BCUT2D eigenvalue weighted by molar-refractivity contribution is -0.123. The van der Waals surface area contributed by atoms with Crippen LogP contribution in [0.1, 0.15) is 5.56 Å². The molecule has 154 valence electrons. The quantitative estimate of drug-likeness (QED) is 0.325. The van der Waals surface area contributed by atoms with Crippen molar-refractivity contribution in [1.29, 1.82) is 0 Å². The van der Waals surface area contributed by atoms with Crippen LogP contribution in [-0.2, 0) is 4.79 Å². The minimum absolute atomic E-state index is 0.210. The number of hydrazine groups is 1. The van der Waals surface area contributed by atoms with Crippen LogP contribution in [0.2, 0.25) is 10.0 Å². The Bertz CT molecular complexity index is 1040. The van der Waals surface area contributed by atoms with Crippen LogP contribution in [0, 0.1) is 0 Å². The molecule has 10 heteroatoms. The standard InChI is InChI=1S/C20H15Cl2N3O3S2/c1-2-9-28-14-6-3-12(4-7-14)10-17-18(26)25(20(29)30-17)24-19(27)23-13-5-8-15(21)16(22)11-13/h2-8,10-11H,1,9H2,(H2,23,24,27)/b17-10+. The van der Waals surface area contributed by atoms with Crippen molar-refractivity contribution in [1.82, 2.24) is 10.4 Å². The van der Waals surface area contributed by atoms with Crippen LogP contribution in [0.15, 0.2) is 60.0 Å². The van der Waals surface area contributed by atoms with Crippen LogP contribution in [0.3, 0.4) is 0 Å². The third-order valence-corrected chi connectivity index (χ3v) is 5.77. The molecule has 2 aromatic rings. The molecule has 2 N–H and O–H groups in total. The third-order valence-electron chi connectivity index (χ3n) is 3.73. The predicted octanol–water partition coefficient (Wildman–Crippen LogP) is 5.50. The molecule has 3 rings (SSSR count). The SMILES string of the molecule is C=CCOc1ccc(/C=C2/SC(=S)N(NC(=O)Nc3ccc(Cl)c(Cl)c3)C2=O)cc1. The molecule has 0 saturated carbocycles. The second-order valence-corrected chi connectivity index (χ2v) is 8.37. The van der Waals surface area contributed by atoms with Gasteiger partial charge in [0, 0.05) is 5.69 Å². The summed E-state index contributed by atoms with van der Waals surface area (Å²) in [4.78, 5) is 25.3. The first-order chi connectivity index (χ1) is 14.4. The molecule has 1 aliphatic rings. The zero-order valence-corrected chi connectivity index (χ0v) is 18.5. The summed E-state index contributed by atoms with van der Waals surface area (Å²) in [5.74, 6) is 0.265.